The smallest absolute Gasteiger partial charge is 0.303 e. The molecule has 0 aliphatic heterocycles. The van der Waals surface area contributed by atoms with E-state index in [1.54, 1.807) is 18.2 Å². The zero-order chi connectivity index (χ0) is 15.8. The Kier molecular flexibility index (Phi) is 6.98. The Morgan fingerprint density at radius 1 is 1.48 bits per heavy atom. The minimum Gasteiger partial charge on any atom is -0.491 e. The molecular weight excluding hydrogens is 296 g/mol. The Morgan fingerprint density at radius 2 is 2.19 bits per heavy atom. The summed E-state index contributed by atoms with van der Waals surface area (Å²) in [5.74, 6) is -0.965. The molecule has 0 spiro atoms. The molecule has 1 aromatic carbocycles. The fraction of sp³-hybridized carbons (Fsp3) is 0.429. The Hall–Kier alpha value is -1.79. The lowest BCUT2D eigenvalue weighted by molar-refractivity contribution is -0.137. The summed E-state index contributed by atoms with van der Waals surface area (Å²) in [7, 11) is 0. The molecular formula is C14H19ClN2O4. The number of rotatable bonds is 8. The van der Waals surface area contributed by atoms with Crippen LogP contribution in [0.5, 0.6) is 5.75 Å². The fourth-order valence-electron chi connectivity index (χ4n) is 1.57. The third kappa shape index (κ3) is 6.01. The first-order chi connectivity index (χ1) is 9.93. The van der Waals surface area contributed by atoms with Gasteiger partial charge in [-0.2, -0.15) is 0 Å². The molecule has 1 unspecified atom stereocenters. The maximum Gasteiger partial charge on any atom is 0.303 e. The van der Waals surface area contributed by atoms with E-state index in [1.165, 1.54) is 0 Å². The first kappa shape index (κ1) is 17.3. The largest absolute Gasteiger partial charge is 0.491 e. The molecule has 0 bridgehead atoms. The number of aliphatic carboxylic acids is 1. The van der Waals surface area contributed by atoms with Crippen molar-refractivity contribution in [1.29, 1.82) is 0 Å². The number of carbonyl (C=O) groups is 2. The molecule has 0 aromatic heterocycles. The van der Waals surface area contributed by atoms with E-state index in [1.807, 2.05) is 6.92 Å². The molecule has 0 saturated carbocycles. The van der Waals surface area contributed by atoms with Gasteiger partial charge < -0.3 is 20.9 Å². The molecule has 0 heterocycles. The van der Waals surface area contributed by atoms with Gasteiger partial charge >= 0.3 is 5.97 Å². The van der Waals surface area contributed by atoms with Crippen LogP contribution in [0, 0.1) is 0 Å². The van der Waals surface area contributed by atoms with Crippen LogP contribution in [0.2, 0.25) is 5.02 Å². The third-order valence-corrected chi connectivity index (χ3v) is 2.90. The lowest BCUT2D eigenvalue weighted by Crippen LogP contribution is -2.36. The maximum absolute atomic E-state index is 11.9. The summed E-state index contributed by atoms with van der Waals surface area (Å²) in [6.45, 7) is 2.48. The first-order valence-electron chi connectivity index (χ1n) is 6.64. The monoisotopic (exact) mass is 314 g/mol. The van der Waals surface area contributed by atoms with Crippen molar-refractivity contribution in [3.63, 3.8) is 0 Å². The second-order valence-corrected chi connectivity index (χ2v) is 4.95. The number of ether oxygens (including phenoxy) is 1. The Bertz CT molecular complexity index is 508. The van der Waals surface area contributed by atoms with Gasteiger partial charge in [0.25, 0.3) is 0 Å². The summed E-state index contributed by atoms with van der Waals surface area (Å²) in [6, 6.07) is 3.98. The number of carboxylic acid groups (broad SMARTS) is 1. The number of carbonyl (C=O) groups excluding carboxylic acids is 1. The van der Waals surface area contributed by atoms with E-state index in [2.05, 4.69) is 5.32 Å². The molecule has 6 nitrogen and oxygen atoms in total. The molecule has 0 aliphatic rings. The van der Waals surface area contributed by atoms with Crippen LogP contribution in [-0.2, 0) is 9.59 Å². The molecule has 1 atom stereocenters. The van der Waals surface area contributed by atoms with Crippen LogP contribution in [0.25, 0.3) is 0 Å². The van der Waals surface area contributed by atoms with Crippen molar-refractivity contribution in [3.05, 3.63) is 23.2 Å². The Morgan fingerprint density at radius 3 is 2.81 bits per heavy atom. The molecule has 0 radical (unpaired) electrons. The number of nitrogens with two attached hydrogens (primary N) is 1. The summed E-state index contributed by atoms with van der Waals surface area (Å²) in [6.07, 6.45) is 0.727. The maximum atomic E-state index is 11.9. The van der Waals surface area contributed by atoms with Crippen molar-refractivity contribution in [2.24, 2.45) is 5.73 Å². The number of hydrogen-bond donors (Lipinski definition) is 3. The Labute approximate surface area is 128 Å². The van der Waals surface area contributed by atoms with Crippen LogP contribution < -0.4 is 15.8 Å². The van der Waals surface area contributed by atoms with Crippen LogP contribution in [0.15, 0.2) is 18.2 Å². The quantitative estimate of drug-likeness (QED) is 0.683. The number of halogens is 1. The van der Waals surface area contributed by atoms with Crippen LogP contribution in [0.3, 0.4) is 0 Å². The summed E-state index contributed by atoms with van der Waals surface area (Å²) in [5.41, 5.74) is 6.08. The number of anilines is 1. The van der Waals surface area contributed by atoms with Crippen LogP contribution in [0.4, 0.5) is 5.69 Å². The molecule has 1 aromatic rings. The van der Waals surface area contributed by atoms with E-state index in [9.17, 15) is 9.59 Å². The molecule has 4 N–H and O–H groups in total. The van der Waals surface area contributed by atoms with Gasteiger partial charge in [-0.15, -0.1) is 0 Å². The van der Waals surface area contributed by atoms with Gasteiger partial charge in [0.05, 0.1) is 18.3 Å². The highest BCUT2D eigenvalue weighted by molar-refractivity contribution is 6.31. The standard InChI is InChI=1S/C14H19ClN2O4/c1-2-7-21-12-5-3-9(15)8-11(12)17-14(20)10(16)4-6-13(18)19/h3,5,8,10H,2,4,6-7,16H2,1H3,(H,17,20)(H,18,19). The molecule has 0 saturated heterocycles. The van der Waals surface area contributed by atoms with Crippen molar-refractivity contribution in [2.45, 2.75) is 32.2 Å². The van der Waals surface area contributed by atoms with E-state index in [4.69, 9.17) is 27.2 Å². The number of carboxylic acids is 1. The van der Waals surface area contributed by atoms with Gasteiger partial charge in [-0.3, -0.25) is 9.59 Å². The number of hydrogen-bond acceptors (Lipinski definition) is 4. The van der Waals surface area contributed by atoms with Crippen LogP contribution in [-0.4, -0.2) is 29.6 Å². The molecule has 0 fully saturated rings. The average Bonchev–Trinajstić information content (AvgIpc) is 2.43. The van der Waals surface area contributed by atoms with Gasteiger partial charge in [0.1, 0.15) is 5.75 Å². The third-order valence-electron chi connectivity index (χ3n) is 2.67. The Balaban J connectivity index is 2.73. The predicted molar refractivity (Wildman–Crippen MR) is 80.7 cm³/mol. The average molecular weight is 315 g/mol. The van der Waals surface area contributed by atoms with Gasteiger partial charge in [0.2, 0.25) is 5.91 Å². The van der Waals surface area contributed by atoms with Crippen molar-refractivity contribution in [2.75, 3.05) is 11.9 Å². The SMILES string of the molecule is CCCOc1ccc(Cl)cc1NC(=O)C(N)CCC(=O)O. The van der Waals surface area contributed by atoms with Gasteiger partial charge in [-0.1, -0.05) is 18.5 Å². The van der Waals surface area contributed by atoms with Gasteiger partial charge in [-0.05, 0) is 31.0 Å². The minimum atomic E-state index is -0.993. The van der Waals surface area contributed by atoms with Crippen molar-refractivity contribution in [3.8, 4) is 5.75 Å². The highest BCUT2D eigenvalue weighted by atomic mass is 35.5. The van der Waals surface area contributed by atoms with E-state index in [-0.39, 0.29) is 12.8 Å². The van der Waals surface area contributed by atoms with E-state index in [0.717, 1.165) is 6.42 Å². The molecule has 1 amide bonds. The van der Waals surface area contributed by atoms with Gasteiger partial charge in [0.15, 0.2) is 0 Å². The number of benzene rings is 1. The predicted octanol–water partition coefficient (Wildman–Crippen LogP) is 2.26. The summed E-state index contributed by atoms with van der Waals surface area (Å²) in [4.78, 5) is 22.4. The highest BCUT2D eigenvalue weighted by Crippen LogP contribution is 2.28. The summed E-state index contributed by atoms with van der Waals surface area (Å²) >= 11 is 5.90. The second kappa shape index (κ2) is 8.49. The van der Waals surface area contributed by atoms with Crippen LogP contribution >= 0.6 is 11.6 Å². The lowest BCUT2D eigenvalue weighted by atomic mass is 10.1. The topological polar surface area (TPSA) is 102 Å². The molecule has 7 heteroatoms. The van der Waals surface area contributed by atoms with Gasteiger partial charge in [-0.25, -0.2) is 0 Å². The van der Waals surface area contributed by atoms with Crippen molar-refractivity contribution < 1.29 is 19.4 Å². The lowest BCUT2D eigenvalue weighted by Gasteiger charge is -2.15. The van der Waals surface area contributed by atoms with Crippen molar-refractivity contribution in [1.82, 2.24) is 0 Å². The highest BCUT2D eigenvalue weighted by Gasteiger charge is 2.17. The van der Waals surface area contributed by atoms with Gasteiger partial charge in [0, 0.05) is 11.4 Å². The summed E-state index contributed by atoms with van der Waals surface area (Å²) < 4.78 is 5.51. The number of nitrogens with one attached hydrogen (secondary N) is 1. The second-order valence-electron chi connectivity index (χ2n) is 4.52. The number of amides is 1. The zero-order valence-corrected chi connectivity index (χ0v) is 12.5. The minimum absolute atomic E-state index is 0.0624. The molecule has 21 heavy (non-hydrogen) atoms. The van der Waals surface area contributed by atoms with Crippen LogP contribution in [0.1, 0.15) is 26.2 Å². The molecule has 116 valence electrons. The zero-order valence-electron chi connectivity index (χ0n) is 11.8. The molecule has 0 aliphatic carbocycles. The fourth-order valence-corrected chi connectivity index (χ4v) is 1.75. The van der Waals surface area contributed by atoms with E-state index < -0.39 is 17.9 Å². The normalized spacial score (nSPS) is 11.8. The first-order valence-corrected chi connectivity index (χ1v) is 7.02. The molecule has 1 rings (SSSR count). The van der Waals surface area contributed by atoms with Crippen molar-refractivity contribution >= 4 is 29.2 Å². The van der Waals surface area contributed by atoms with E-state index >= 15 is 0 Å². The van der Waals surface area contributed by atoms with E-state index in [0.29, 0.717) is 23.1 Å². The summed E-state index contributed by atoms with van der Waals surface area (Å²) in [5, 5.41) is 11.7.